The minimum Gasteiger partial charge on any atom is -0.502 e. The molecule has 0 radical (unpaired) electrons. The van der Waals surface area contributed by atoms with Gasteiger partial charge in [-0.1, -0.05) is 35.9 Å². The fourth-order valence-corrected chi connectivity index (χ4v) is 2.82. The van der Waals surface area contributed by atoms with Crippen LogP contribution in [0.15, 0.2) is 48.2 Å². The fraction of sp³-hybridized carbons (Fsp3) is 0.158. The number of carbonyl (C=O) groups is 2. The molecule has 122 valence electrons. The van der Waals surface area contributed by atoms with Crippen LogP contribution < -0.4 is 0 Å². The van der Waals surface area contributed by atoms with Crippen LogP contribution in [0, 0.1) is 19.7 Å². The van der Waals surface area contributed by atoms with Gasteiger partial charge in [0, 0.05) is 0 Å². The first-order valence-corrected chi connectivity index (χ1v) is 7.50. The Morgan fingerprint density at radius 2 is 1.67 bits per heavy atom. The second-order valence-corrected chi connectivity index (χ2v) is 5.86. The summed E-state index contributed by atoms with van der Waals surface area (Å²) in [4.78, 5) is 25.9. The van der Waals surface area contributed by atoms with E-state index < -0.39 is 23.4 Å². The third kappa shape index (κ3) is 2.69. The minimum absolute atomic E-state index is 0.0135. The van der Waals surface area contributed by atoms with Crippen molar-refractivity contribution < 1.29 is 19.1 Å². The number of aliphatic hydroxyl groups is 1. The van der Waals surface area contributed by atoms with Gasteiger partial charge in [0.25, 0.3) is 11.8 Å². The number of halogens is 1. The van der Waals surface area contributed by atoms with Crippen LogP contribution >= 0.6 is 0 Å². The molecule has 0 saturated heterocycles. The van der Waals surface area contributed by atoms with E-state index in [0.29, 0.717) is 11.1 Å². The molecule has 5 heteroatoms. The summed E-state index contributed by atoms with van der Waals surface area (Å²) in [6.07, 6.45) is 0. The standard InChI is InChI=1S/C19H16FNO3/c1-11-3-8-15(12(2)9-11)16-17(22)19(24)21(18(16)23)10-13-4-6-14(20)7-5-13/h3-9,22H,10H2,1-2H3. The minimum atomic E-state index is -0.737. The highest BCUT2D eigenvalue weighted by molar-refractivity contribution is 6.35. The molecule has 0 bridgehead atoms. The van der Waals surface area contributed by atoms with Crippen molar-refractivity contribution in [2.45, 2.75) is 20.4 Å². The van der Waals surface area contributed by atoms with Crippen molar-refractivity contribution in [3.05, 3.63) is 76.3 Å². The molecule has 0 saturated carbocycles. The first-order valence-electron chi connectivity index (χ1n) is 7.50. The van der Waals surface area contributed by atoms with Crippen molar-refractivity contribution in [1.29, 1.82) is 0 Å². The van der Waals surface area contributed by atoms with Gasteiger partial charge in [0.15, 0.2) is 5.76 Å². The largest absolute Gasteiger partial charge is 0.502 e. The van der Waals surface area contributed by atoms with Gasteiger partial charge < -0.3 is 5.11 Å². The Hall–Kier alpha value is -2.95. The molecule has 1 aliphatic rings. The molecule has 0 spiro atoms. The zero-order valence-corrected chi connectivity index (χ0v) is 13.3. The lowest BCUT2D eigenvalue weighted by Gasteiger charge is -2.15. The third-order valence-corrected chi connectivity index (χ3v) is 4.05. The molecule has 0 unspecified atom stereocenters. The van der Waals surface area contributed by atoms with Crippen molar-refractivity contribution in [2.24, 2.45) is 0 Å². The molecule has 2 amide bonds. The van der Waals surface area contributed by atoms with Crippen LogP contribution in [0.4, 0.5) is 4.39 Å². The number of benzene rings is 2. The molecule has 2 aromatic carbocycles. The van der Waals surface area contributed by atoms with E-state index in [4.69, 9.17) is 0 Å². The summed E-state index contributed by atoms with van der Waals surface area (Å²) in [7, 11) is 0. The van der Waals surface area contributed by atoms with Crippen LogP contribution in [0.25, 0.3) is 5.57 Å². The van der Waals surface area contributed by atoms with Crippen molar-refractivity contribution >= 4 is 17.4 Å². The number of nitrogens with zero attached hydrogens (tertiary/aromatic N) is 1. The van der Waals surface area contributed by atoms with Gasteiger partial charge in [0.1, 0.15) is 5.82 Å². The Labute approximate surface area is 138 Å². The number of rotatable bonds is 3. The molecular weight excluding hydrogens is 309 g/mol. The quantitative estimate of drug-likeness (QED) is 0.881. The lowest BCUT2D eigenvalue weighted by Crippen LogP contribution is -2.31. The maximum atomic E-state index is 13.0. The zero-order chi connectivity index (χ0) is 17.4. The molecule has 4 nitrogen and oxygen atoms in total. The van der Waals surface area contributed by atoms with Gasteiger partial charge in [0.2, 0.25) is 0 Å². The average Bonchev–Trinajstić information content (AvgIpc) is 2.74. The van der Waals surface area contributed by atoms with Crippen molar-refractivity contribution in [3.8, 4) is 0 Å². The maximum Gasteiger partial charge on any atom is 0.296 e. The fourth-order valence-electron chi connectivity index (χ4n) is 2.82. The highest BCUT2D eigenvalue weighted by atomic mass is 19.1. The zero-order valence-electron chi connectivity index (χ0n) is 13.3. The average molecular weight is 325 g/mol. The van der Waals surface area contributed by atoms with E-state index in [1.165, 1.54) is 24.3 Å². The van der Waals surface area contributed by atoms with Gasteiger partial charge in [-0.05, 0) is 42.7 Å². The molecule has 1 aliphatic heterocycles. The second-order valence-electron chi connectivity index (χ2n) is 5.86. The van der Waals surface area contributed by atoms with E-state index in [1.807, 2.05) is 26.0 Å². The number of carbonyl (C=O) groups excluding carboxylic acids is 2. The number of aryl methyl sites for hydroxylation is 2. The second kappa shape index (κ2) is 5.92. The summed E-state index contributed by atoms with van der Waals surface area (Å²) in [5.41, 5.74) is 2.99. The molecule has 24 heavy (non-hydrogen) atoms. The summed E-state index contributed by atoms with van der Waals surface area (Å²) < 4.78 is 13.0. The SMILES string of the molecule is Cc1ccc(C2=C(O)C(=O)N(Cc3ccc(F)cc3)C2=O)c(C)c1. The van der Waals surface area contributed by atoms with E-state index >= 15 is 0 Å². The summed E-state index contributed by atoms with van der Waals surface area (Å²) in [6.45, 7) is 3.73. The predicted molar refractivity (Wildman–Crippen MR) is 87.4 cm³/mol. The molecule has 0 atom stereocenters. The molecule has 0 aromatic heterocycles. The van der Waals surface area contributed by atoms with Crippen molar-refractivity contribution in [2.75, 3.05) is 0 Å². The molecular formula is C19H16FNO3. The van der Waals surface area contributed by atoms with Crippen LogP contribution in [0.3, 0.4) is 0 Å². The first-order chi connectivity index (χ1) is 11.4. The summed E-state index contributed by atoms with van der Waals surface area (Å²) in [5, 5.41) is 10.2. The molecule has 3 rings (SSSR count). The van der Waals surface area contributed by atoms with E-state index in [0.717, 1.165) is 16.0 Å². The Balaban J connectivity index is 1.94. The van der Waals surface area contributed by atoms with Crippen LogP contribution in [0.5, 0.6) is 0 Å². The van der Waals surface area contributed by atoms with Gasteiger partial charge in [-0.25, -0.2) is 4.39 Å². The van der Waals surface area contributed by atoms with E-state index in [-0.39, 0.29) is 12.1 Å². The Morgan fingerprint density at radius 1 is 1.00 bits per heavy atom. The van der Waals surface area contributed by atoms with Crippen LogP contribution in [-0.2, 0) is 16.1 Å². The predicted octanol–water partition coefficient (Wildman–Crippen LogP) is 3.28. The molecule has 2 aromatic rings. The monoisotopic (exact) mass is 325 g/mol. The third-order valence-electron chi connectivity index (χ3n) is 4.05. The van der Waals surface area contributed by atoms with E-state index in [1.54, 1.807) is 6.07 Å². The van der Waals surface area contributed by atoms with Crippen LogP contribution in [0.2, 0.25) is 0 Å². The normalized spacial score (nSPS) is 14.7. The van der Waals surface area contributed by atoms with E-state index in [9.17, 15) is 19.1 Å². The van der Waals surface area contributed by atoms with Crippen LogP contribution in [-0.4, -0.2) is 21.8 Å². The summed E-state index contributed by atoms with van der Waals surface area (Å²) >= 11 is 0. The molecule has 0 fully saturated rings. The molecule has 1 N–H and O–H groups in total. The van der Waals surface area contributed by atoms with Gasteiger partial charge in [0.05, 0.1) is 12.1 Å². The molecule has 1 heterocycles. The summed E-state index contributed by atoms with van der Waals surface area (Å²) in [6, 6.07) is 11.0. The number of hydrogen-bond acceptors (Lipinski definition) is 3. The Kier molecular flexibility index (Phi) is 3.93. The van der Waals surface area contributed by atoms with Gasteiger partial charge >= 0.3 is 0 Å². The smallest absolute Gasteiger partial charge is 0.296 e. The summed E-state index contributed by atoms with van der Waals surface area (Å²) in [5.74, 6) is -2.23. The number of amides is 2. The lowest BCUT2D eigenvalue weighted by molar-refractivity contribution is -0.138. The highest BCUT2D eigenvalue weighted by Crippen LogP contribution is 2.31. The van der Waals surface area contributed by atoms with Crippen molar-refractivity contribution in [1.82, 2.24) is 4.90 Å². The molecule has 0 aliphatic carbocycles. The van der Waals surface area contributed by atoms with Crippen LogP contribution in [0.1, 0.15) is 22.3 Å². The highest BCUT2D eigenvalue weighted by Gasteiger charge is 2.39. The van der Waals surface area contributed by atoms with E-state index in [2.05, 4.69) is 0 Å². The van der Waals surface area contributed by atoms with Crippen molar-refractivity contribution in [3.63, 3.8) is 0 Å². The number of aliphatic hydroxyl groups excluding tert-OH is 1. The number of hydrogen-bond donors (Lipinski definition) is 1. The number of imide groups is 1. The lowest BCUT2D eigenvalue weighted by atomic mass is 9.98. The Bertz CT molecular complexity index is 869. The maximum absolute atomic E-state index is 13.0. The van der Waals surface area contributed by atoms with Gasteiger partial charge in [-0.2, -0.15) is 0 Å². The Morgan fingerprint density at radius 3 is 2.29 bits per heavy atom. The van der Waals surface area contributed by atoms with Gasteiger partial charge in [-0.3, -0.25) is 14.5 Å². The topological polar surface area (TPSA) is 57.6 Å². The first kappa shape index (κ1) is 15.9. The van der Waals surface area contributed by atoms with Gasteiger partial charge in [-0.15, -0.1) is 0 Å².